The zero-order valence-corrected chi connectivity index (χ0v) is 12.5. The molecule has 0 aliphatic rings. The van der Waals surface area contributed by atoms with Crippen molar-refractivity contribution in [3.8, 4) is 0 Å². The van der Waals surface area contributed by atoms with Crippen LogP contribution in [0.4, 0.5) is 16.3 Å². The van der Waals surface area contributed by atoms with Gasteiger partial charge in [-0.2, -0.15) is 4.37 Å². The maximum atomic E-state index is 11.7. The van der Waals surface area contributed by atoms with Crippen LogP contribution in [-0.2, 0) is 6.54 Å². The molecular formula is C13H17N5OS. The van der Waals surface area contributed by atoms with Crippen molar-refractivity contribution in [2.75, 3.05) is 24.3 Å². The second kappa shape index (κ2) is 6.33. The Morgan fingerprint density at radius 1 is 1.40 bits per heavy atom. The van der Waals surface area contributed by atoms with Gasteiger partial charge in [-0.15, -0.1) is 0 Å². The third-order valence-electron chi connectivity index (χ3n) is 2.72. The predicted octanol–water partition coefficient (Wildman–Crippen LogP) is 2.23. The van der Waals surface area contributed by atoms with Crippen LogP contribution in [0.5, 0.6) is 0 Å². The van der Waals surface area contributed by atoms with Crippen molar-refractivity contribution in [3.63, 3.8) is 0 Å². The second-order valence-electron chi connectivity index (χ2n) is 4.54. The normalized spacial score (nSPS) is 10.2. The van der Waals surface area contributed by atoms with E-state index in [0.717, 1.165) is 22.8 Å². The molecule has 0 aliphatic heterocycles. The van der Waals surface area contributed by atoms with E-state index in [0.29, 0.717) is 6.54 Å². The molecule has 2 amide bonds. The largest absolute Gasteiger partial charge is 0.363 e. The highest BCUT2D eigenvalue weighted by Crippen LogP contribution is 2.15. The third-order valence-corrected chi connectivity index (χ3v) is 3.44. The van der Waals surface area contributed by atoms with Gasteiger partial charge in [-0.1, -0.05) is 6.07 Å². The number of rotatable bonds is 4. The molecule has 2 aromatic rings. The van der Waals surface area contributed by atoms with Crippen LogP contribution >= 0.6 is 11.5 Å². The van der Waals surface area contributed by atoms with Crippen LogP contribution in [0.25, 0.3) is 0 Å². The van der Waals surface area contributed by atoms with Crippen LogP contribution in [0.1, 0.15) is 11.3 Å². The Kier molecular flexibility index (Phi) is 4.52. The lowest BCUT2D eigenvalue weighted by Gasteiger charge is -2.11. The number of aromatic nitrogens is 2. The van der Waals surface area contributed by atoms with E-state index in [9.17, 15) is 4.79 Å². The van der Waals surface area contributed by atoms with E-state index in [4.69, 9.17) is 0 Å². The molecule has 0 bridgehead atoms. The molecule has 7 heteroatoms. The van der Waals surface area contributed by atoms with Crippen molar-refractivity contribution in [3.05, 3.63) is 35.0 Å². The number of aryl methyl sites for hydroxylation is 1. The standard InChI is InChI=1S/C13H17N5OS/c1-9-11(8-20-17-9)16-13(19)15-7-10-4-5-12(14-6-10)18(2)3/h4-6,8H,7H2,1-3H3,(H2,15,16,19). The molecule has 0 aromatic carbocycles. The minimum absolute atomic E-state index is 0.245. The molecule has 2 heterocycles. The first-order valence-electron chi connectivity index (χ1n) is 6.14. The third kappa shape index (κ3) is 3.67. The number of anilines is 2. The second-order valence-corrected chi connectivity index (χ2v) is 5.17. The van der Waals surface area contributed by atoms with Crippen LogP contribution in [0, 0.1) is 6.92 Å². The lowest BCUT2D eigenvalue weighted by atomic mass is 10.3. The first kappa shape index (κ1) is 14.3. The minimum Gasteiger partial charge on any atom is -0.363 e. The van der Waals surface area contributed by atoms with Gasteiger partial charge < -0.3 is 15.5 Å². The van der Waals surface area contributed by atoms with Gasteiger partial charge in [-0.3, -0.25) is 0 Å². The number of pyridine rings is 1. The first-order valence-corrected chi connectivity index (χ1v) is 6.98. The summed E-state index contributed by atoms with van der Waals surface area (Å²) in [5.74, 6) is 0.887. The molecule has 0 atom stereocenters. The summed E-state index contributed by atoms with van der Waals surface area (Å²) < 4.78 is 4.10. The summed E-state index contributed by atoms with van der Waals surface area (Å²) in [7, 11) is 3.87. The van der Waals surface area contributed by atoms with Gasteiger partial charge >= 0.3 is 6.03 Å². The average molecular weight is 291 g/mol. The van der Waals surface area contributed by atoms with Gasteiger partial charge in [-0.25, -0.2) is 9.78 Å². The van der Waals surface area contributed by atoms with Gasteiger partial charge in [-0.05, 0) is 30.1 Å². The molecule has 0 radical (unpaired) electrons. The number of carbonyl (C=O) groups is 1. The Bertz CT molecular complexity index is 579. The Labute approximate surface area is 122 Å². The fourth-order valence-electron chi connectivity index (χ4n) is 1.55. The molecule has 2 N–H and O–H groups in total. The van der Waals surface area contributed by atoms with E-state index < -0.39 is 0 Å². The molecule has 0 unspecified atom stereocenters. The monoisotopic (exact) mass is 291 g/mol. The quantitative estimate of drug-likeness (QED) is 0.906. The maximum Gasteiger partial charge on any atom is 0.319 e. The van der Waals surface area contributed by atoms with Crippen molar-refractivity contribution >= 4 is 29.1 Å². The number of urea groups is 1. The fraction of sp³-hybridized carbons (Fsp3) is 0.308. The van der Waals surface area contributed by atoms with E-state index >= 15 is 0 Å². The summed E-state index contributed by atoms with van der Waals surface area (Å²) in [6.07, 6.45) is 1.76. The van der Waals surface area contributed by atoms with Gasteiger partial charge in [0.1, 0.15) is 5.82 Å². The molecular weight excluding hydrogens is 274 g/mol. The van der Waals surface area contributed by atoms with E-state index in [1.54, 1.807) is 6.20 Å². The lowest BCUT2D eigenvalue weighted by molar-refractivity contribution is 0.251. The molecule has 2 aromatic heterocycles. The summed E-state index contributed by atoms with van der Waals surface area (Å²) in [5.41, 5.74) is 2.52. The Hall–Kier alpha value is -2.15. The van der Waals surface area contributed by atoms with Crippen molar-refractivity contribution in [2.45, 2.75) is 13.5 Å². The van der Waals surface area contributed by atoms with E-state index in [1.807, 2.05) is 43.4 Å². The average Bonchev–Trinajstić information content (AvgIpc) is 2.82. The number of hydrogen-bond acceptors (Lipinski definition) is 5. The number of nitrogens with one attached hydrogen (secondary N) is 2. The van der Waals surface area contributed by atoms with Crippen molar-refractivity contribution < 1.29 is 4.79 Å². The summed E-state index contributed by atoms with van der Waals surface area (Å²) in [4.78, 5) is 18.0. The number of nitrogens with zero attached hydrogens (tertiary/aromatic N) is 3. The van der Waals surface area contributed by atoms with Gasteiger partial charge in [0, 0.05) is 32.2 Å². The zero-order valence-electron chi connectivity index (χ0n) is 11.7. The van der Waals surface area contributed by atoms with Gasteiger partial charge in [0.2, 0.25) is 0 Å². The van der Waals surface area contributed by atoms with E-state index in [-0.39, 0.29) is 6.03 Å². The number of amides is 2. The molecule has 20 heavy (non-hydrogen) atoms. The molecule has 106 valence electrons. The van der Waals surface area contributed by atoms with Gasteiger partial charge in [0.25, 0.3) is 0 Å². The predicted molar refractivity (Wildman–Crippen MR) is 81.3 cm³/mol. The molecule has 0 aliphatic carbocycles. The minimum atomic E-state index is -0.245. The lowest BCUT2D eigenvalue weighted by Crippen LogP contribution is -2.28. The summed E-state index contributed by atoms with van der Waals surface area (Å²) in [6.45, 7) is 2.29. The Morgan fingerprint density at radius 2 is 2.20 bits per heavy atom. The van der Waals surface area contributed by atoms with Crippen LogP contribution in [0.3, 0.4) is 0 Å². The van der Waals surface area contributed by atoms with Crippen molar-refractivity contribution in [1.29, 1.82) is 0 Å². The van der Waals surface area contributed by atoms with Gasteiger partial charge in [0.05, 0.1) is 11.4 Å². The number of hydrogen-bond donors (Lipinski definition) is 2. The molecule has 2 rings (SSSR count). The molecule has 0 saturated carbocycles. The van der Waals surface area contributed by atoms with Crippen molar-refractivity contribution in [2.24, 2.45) is 0 Å². The Morgan fingerprint density at radius 3 is 2.75 bits per heavy atom. The smallest absolute Gasteiger partial charge is 0.319 e. The Balaban J connectivity index is 1.85. The molecule has 0 spiro atoms. The molecule has 0 fully saturated rings. The van der Waals surface area contributed by atoms with Crippen LogP contribution < -0.4 is 15.5 Å². The molecule has 0 saturated heterocycles. The van der Waals surface area contributed by atoms with Crippen LogP contribution in [0.2, 0.25) is 0 Å². The number of carbonyl (C=O) groups excluding carboxylic acids is 1. The SMILES string of the molecule is Cc1nscc1NC(=O)NCc1ccc(N(C)C)nc1. The summed E-state index contributed by atoms with van der Waals surface area (Å²) in [5, 5.41) is 7.35. The van der Waals surface area contributed by atoms with Crippen LogP contribution in [0.15, 0.2) is 23.7 Å². The fourth-order valence-corrected chi connectivity index (χ4v) is 2.19. The topological polar surface area (TPSA) is 70.2 Å². The summed E-state index contributed by atoms with van der Waals surface area (Å²) in [6, 6.07) is 3.62. The van der Waals surface area contributed by atoms with Crippen molar-refractivity contribution in [1.82, 2.24) is 14.7 Å². The highest BCUT2D eigenvalue weighted by Gasteiger charge is 2.06. The summed E-state index contributed by atoms with van der Waals surface area (Å²) >= 11 is 1.32. The van der Waals surface area contributed by atoms with E-state index in [1.165, 1.54) is 11.5 Å². The zero-order chi connectivity index (χ0) is 14.5. The maximum absolute atomic E-state index is 11.7. The molecule has 6 nitrogen and oxygen atoms in total. The first-order chi connectivity index (χ1) is 9.56. The van der Waals surface area contributed by atoms with Crippen LogP contribution in [-0.4, -0.2) is 29.5 Å². The highest BCUT2D eigenvalue weighted by molar-refractivity contribution is 7.04. The highest BCUT2D eigenvalue weighted by atomic mass is 32.1. The van der Waals surface area contributed by atoms with E-state index in [2.05, 4.69) is 20.0 Å². The van der Waals surface area contributed by atoms with Gasteiger partial charge in [0.15, 0.2) is 0 Å².